The minimum absolute atomic E-state index is 0.111. The Morgan fingerprint density at radius 1 is 1.11 bits per heavy atom. The smallest absolute Gasteiger partial charge is 0.139 e. The van der Waals surface area contributed by atoms with Crippen LogP contribution in [0.25, 0.3) is 5.70 Å². The number of aromatic nitrogens is 3. The first-order valence-corrected chi connectivity index (χ1v) is 10.9. The van der Waals surface area contributed by atoms with Gasteiger partial charge in [-0.2, -0.15) is 15.0 Å². The number of carbonyl (C=O) groups excluding carboxylic acids is 1. The molecule has 4 aliphatic carbocycles. The number of allylic oxidation sites excluding steroid dienone is 4. The van der Waals surface area contributed by atoms with Gasteiger partial charge in [0.05, 0.1) is 30.5 Å². The third-order valence-electron chi connectivity index (χ3n) is 8.51. The van der Waals surface area contributed by atoms with Crippen LogP contribution in [0.15, 0.2) is 29.8 Å². The summed E-state index contributed by atoms with van der Waals surface area (Å²) in [6.45, 7) is 7.45. The molecular weight excluding hydrogens is 350 g/mol. The van der Waals surface area contributed by atoms with Gasteiger partial charge in [0.25, 0.3) is 0 Å². The van der Waals surface area contributed by atoms with E-state index in [1.165, 1.54) is 11.3 Å². The largest absolute Gasteiger partial charge is 0.498 e. The second kappa shape index (κ2) is 6.30. The number of fused-ring (bicyclic) bond motifs is 5. The number of hydrogen-bond acceptors (Lipinski definition) is 4. The Kier molecular flexibility index (Phi) is 4.08. The van der Waals surface area contributed by atoms with Crippen LogP contribution in [0.4, 0.5) is 0 Å². The van der Waals surface area contributed by atoms with Crippen LogP contribution in [0.5, 0.6) is 0 Å². The molecule has 5 atom stereocenters. The maximum Gasteiger partial charge on any atom is 0.139 e. The third kappa shape index (κ3) is 2.40. The molecule has 0 amide bonds. The predicted octanol–water partition coefficient (Wildman–Crippen LogP) is 4.63. The van der Waals surface area contributed by atoms with Crippen molar-refractivity contribution in [2.45, 2.75) is 65.7 Å². The molecule has 5 rings (SSSR count). The zero-order valence-corrected chi connectivity index (χ0v) is 17.3. The summed E-state index contributed by atoms with van der Waals surface area (Å²) < 4.78 is 5.91. The van der Waals surface area contributed by atoms with Crippen molar-refractivity contribution in [1.82, 2.24) is 15.0 Å². The minimum Gasteiger partial charge on any atom is -0.498 e. The zero-order chi connectivity index (χ0) is 19.5. The molecule has 0 N–H and O–H groups in total. The standard InChI is InChI=1S/C23H31N3O2/c1-4-28-15-7-9-22(2)18-8-10-23(3)17(5-6-21(23)27)16(18)14-20(19(22)13-15)26-24-11-12-25-26/h11-13,16-18H,4-10,14H2,1-3H3/t16-,17-,18-,22+,23-/m0/s1. The molecule has 5 heteroatoms. The number of nitrogens with zero attached hydrogens (tertiary/aromatic N) is 3. The van der Waals surface area contributed by atoms with Gasteiger partial charge in [0, 0.05) is 18.3 Å². The van der Waals surface area contributed by atoms with Gasteiger partial charge in [0.1, 0.15) is 5.78 Å². The zero-order valence-electron chi connectivity index (χ0n) is 17.3. The van der Waals surface area contributed by atoms with E-state index in [-0.39, 0.29) is 10.8 Å². The Morgan fingerprint density at radius 2 is 1.86 bits per heavy atom. The van der Waals surface area contributed by atoms with E-state index in [9.17, 15) is 4.79 Å². The highest BCUT2D eigenvalue weighted by molar-refractivity contribution is 5.87. The Labute approximate surface area is 167 Å². The Bertz CT molecular complexity index is 855. The lowest BCUT2D eigenvalue weighted by Crippen LogP contribution is -2.50. The summed E-state index contributed by atoms with van der Waals surface area (Å²) in [6, 6.07) is 0. The summed E-state index contributed by atoms with van der Waals surface area (Å²) in [5.41, 5.74) is 2.58. The predicted molar refractivity (Wildman–Crippen MR) is 107 cm³/mol. The van der Waals surface area contributed by atoms with Crippen molar-refractivity contribution >= 4 is 11.5 Å². The molecule has 28 heavy (non-hydrogen) atoms. The van der Waals surface area contributed by atoms with Gasteiger partial charge in [0.15, 0.2) is 0 Å². The molecule has 0 aromatic carbocycles. The topological polar surface area (TPSA) is 57.0 Å². The summed E-state index contributed by atoms with van der Waals surface area (Å²) in [5, 5.41) is 9.00. The molecule has 0 radical (unpaired) electrons. The second-order valence-electron chi connectivity index (χ2n) is 9.64. The molecule has 0 unspecified atom stereocenters. The molecule has 2 fully saturated rings. The van der Waals surface area contributed by atoms with Gasteiger partial charge < -0.3 is 4.74 Å². The summed E-state index contributed by atoms with van der Waals surface area (Å²) >= 11 is 0. The van der Waals surface area contributed by atoms with Gasteiger partial charge >= 0.3 is 0 Å². The van der Waals surface area contributed by atoms with Crippen molar-refractivity contribution in [3.05, 3.63) is 29.8 Å². The molecule has 0 aliphatic heterocycles. The molecule has 0 saturated heterocycles. The maximum absolute atomic E-state index is 12.7. The summed E-state index contributed by atoms with van der Waals surface area (Å²) in [4.78, 5) is 14.6. The average molecular weight is 382 g/mol. The van der Waals surface area contributed by atoms with Crippen LogP contribution in [0.3, 0.4) is 0 Å². The number of carbonyl (C=O) groups is 1. The lowest BCUT2D eigenvalue weighted by Gasteiger charge is -2.56. The Hall–Kier alpha value is -1.91. The highest BCUT2D eigenvalue weighted by atomic mass is 16.5. The summed E-state index contributed by atoms with van der Waals surface area (Å²) in [7, 11) is 0. The molecule has 0 spiro atoms. The van der Waals surface area contributed by atoms with Crippen LogP contribution in [-0.2, 0) is 9.53 Å². The van der Waals surface area contributed by atoms with Crippen LogP contribution in [-0.4, -0.2) is 27.4 Å². The van der Waals surface area contributed by atoms with Crippen LogP contribution < -0.4 is 0 Å². The molecule has 5 nitrogen and oxygen atoms in total. The lowest BCUT2D eigenvalue weighted by atomic mass is 9.48. The monoisotopic (exact) mass is 381 g/mol. The van der Waals surface area contributed by atoms with Gasteiger partial charge in [-0.3, -0.25) is 4.79 Å². The second-order valence-corrected chi connectivity index (χ2v) is 9.64. The summed E-state index contributed by atoms with van der Waals surface area (Å²) in [5.74, 6) is 3.26. The Morgan fingerprint density at radius 3 is 2.61 bits per heavy atom. The number of hydrogen-bond donors (Lipinski definition) is 0. The van der Waals surface area contributed by atoms with E-state index in [0.717, 1.165) is 50.7 Å². The molecule has 0 bridgehead atoms. The fraction of sp³-hybridized carbons (Fsp3) is 0.696. The number of Topliss-reactive ketones (excluding diaryl/α,β-unsaturated/α-hetero) is 1. The average Bonchev–Trinajstić information content (AvgIpc) is 3.31. The normalized spacial score (nSPS) is 39.9. The van der Waals surface area contributed by atoms with Crippen LogP contribution in [0, 0.1) is 28.6 Å². The SMILES string of the molecule is CCOC1=CC2=C(n3nccn3)C[C@@H]3[C@H](CC[C@]4(C)C(=O)CC[C@@H]34)[C@@]2(C)CC1. The number of ether oxygens (including phenoxy) is 1. The lowest BCUT2D eigenvalue weighted by molar-refractivity contribution is -0.131. The third-order valence-corrected chi connectivity index (χ3v) is 8.51. The van der Waals surface area contributed by atoms with Gasteiger partial charge in [-0.25, -0.2) is 0 Å². The van der Waals surface area contributed by atoms with Crippen molar-refractivity contribution in [2.24, 2.45) is 28.6 Å². The van der Waals surface area contributed by atoms with E-state index >= 15 is 0 Å². The molecule has 2 saturated carbocycles. The van der Waals surface area contributed by atoms with Gasteiger partial charge in [0.2, 0.25) is 0 Å². The molecule has 1 aromatic rings. The Balaban J connectivity index is 1.64. The maximum atomic E-state index is 12.7. The van der Waals surface area contributed by atoms with Crippen molar-refractivity contribution in [3.63, 3.8) is 0 Å². The van der Waals surface area contributed by atoms with Gasteiger partial charge in [-0.05, 0) is 73.8 Å². The van der Waals surface area contributed by atoms with E-state index in [0.29, 0.717) is 30.1 Å². The molecule has 1 heterocycles. The minimum atomic E-state index is -0.112. The van der Waals surface area contributed by atoms with E-state index in [1.54, 1.807) is 12.4 Å². The summed E-state index contributed by atoms with van der Waals surface area (Å²) in [6.07, 6.45) is 12.9. The van der Waals surface area contributed by atoms with Crippen LogP contribution >= 0.6 is 0 Å². The van der Waals surface area contributed by atoms with Crippen LogP contribution in [0.2, 0.25) is 0 Å². The van der Waals surface area contributed by atoms with Crippen molar-refractivity contribution in [1.29, 1.82) is 0 Å². The van der Waals surface area contributed by atoms with Gasteiger partial charge in [-0.1, -0.05) is 13.8 Å². The number of ketones is 1. The fourth-order valence-corrected chi connectivity index (χ4v) is 7.02. The molecule has 4 aliphatic rings. The van der Waals surface area contributed by atoms with Gasteiger partial charge in [-0.15, -0.1) is 0 Å². The fourth-order valence-electron chi connectivity index (χ4n) is 7.02. The van der Waals surface area contributed by atoms with Crippen molar-refractivity contribution in [3.8, 4) is 0 Å². The van der Waals surface area contributed by atoms with E-state index < -0.39 is 0 Å². The number of rotatable bonds is 3. The first-order valence-electron chi connectivity index (χ1n) is 10.9. The van der Waals surface area contributed by atoms with Crippen LogP contribution in [0.1, 0.15) is 65.7 Å². The van der Waals surface area contributed by atoms with E-state index in [1.807, 2.05) is 4.80 Å². The molecule has 150 valence electrons. The highest BCUT2D eigenvalue weighted by Crippen LogP contribution is 2.65. The first kappa shape index (κ1) is 18.1. The quantitative estimate of drug-likeness (QED) is 0.766. The van der Waals surface area contributed by atoms with Crippen molar-refractivity contribution < 1.29 is 9.53 Å². The molecular formula is C23H31N3O2. The first-order chi connectivity index (χ1) is 13.5. The molecule has 1 aromatic heterocycles. The highest BCUT2D eigenvalue weighted by Gasteiger charge is 2.59. The van der Waals surface area contributed by atoms with E-state index in [4.69, 9.17) is 4.74 Å². The van der Waals surface area contributed by atoms with Crippen molar-refractivity contribution in [2.75, 3.05) is 6.61 Å². The van der Waals surface area contributed by atoms with E-state index in [2.05, 4.69) is 37.0 Å².